The van der Waals surface area contributed by atoms with Gasteiger partial charge in [0.15, 0.2) is 0 Å². The predicted octanol–water partition coefficient (Wildman–Crippen LogP) is 1.68. The van der Waals surface area contributed by atoms with E-state index in [1.807, 2.05) is 14.1 Å². The molecule has 0 saturated carbocycles. The fourth-order valence-corrected chi connectivity index (χ4v) is 1.85. The molecule has 2 N–H and O–H groups in total. The lowest BCUT2D eigenvalue weighted by atomic mass is 10.2. The molecule has 0 aromatic carbocycles. The molecular weight excluding hydrogens is 266 g/mol. The van der Waals surface area contributed by atoms with E-state index in [9.17, 15) is 4.79 Å². The van der Waals surface area contributed by atoms with Crippen molar-refractivity contribution >= 4 is 11.7 Å². The van der Waals surface area contributed by atoms with Crippen LogP contribution in [0.2, 0.25) is 0 Å². The van der Waals surface area contributed by atoms with Crippen LogP contribution in [-0.2, 0) is 0 Å². The lowest BCUT2D eigenvalue weighted by Crippen LogP contribution is -2.26. The SMILES string of the molecule is CCCCCNC(=O)c1cc(NCCN(C)C)nc(C)n1. The van der Waals surface area contributed by atoms with E-state index in [2.05, 4.69) is 32.4 Å². The van der Waals surface area contributed by atoms with E-state index in [-0.39, 0.29) is 5.91 Å². The predicted molar refractivity (Wildman–Crippen MR) is 85.7 cm³/mol. The van der Waals surface area contributed by atoms with Crippen molar-refractivity contribution in [1.82, 2.24) is 20.2 Å². The summed E-state index contributed by atoms with van der Waals surface area (Å²) in [6.45, 7) is 6.31. The molecule has 0 unspecified atom stereocenters. The first-order valence-electron chi connectivity index (χ1n) is 7.55. The summed E-state index contributed by atoms with van der Waals surface area (Å²) in [6, 6.07) is 1.71. The van der Waals surface area contributed by atoms with Crippen LogP contribution in [0.4, 0.5) is 5.82 Å². The van der Waals surface area contributed by atoms with Crippen LogP contribution in [0.25, 0.3) is 0 Å². The smallest absolute Gasteiger partial charge is 0.270 e. The first-order chi connectivity index (χ1) is 10.0. The van der Waals surface area contributed by atoms with Crippen molar-refractivity contribution in [3.8, 4) is 0 Å². The maximum atomic E-state index is 12.1. The maximum absolute atomic E-state index is 12.1. The van der Waals surface area contributed by atoms with Crippen molar-refractivity contribution in [3.63, 3.8) is 0 Å². The normalized spacial score (nSPS) is 10.7. The molecule has 1 aromatic rings. The van der Waals surface area contributed by atoms with E-state index >= 15 is 0 Å². The number of nitrogens with zero attached hydrogens (tertiary/aromatic N) is 3. The third-order valence-corrected chi connectivity index (χ3v) is 3.00. The molecule has 6 heteroatoms. The monoisotopic (exact) mass is 293 g/mol. The van der Waals surface area contributed by atoms with E-state index in [4.69, 9.17) is 0 Å². The molecule has 0 aliphatic heterocycles. The Morgan fingerprint density at radius 3 is 2.67 bits per heavy atom. The minimum absolute atomic E-state index is 0.132. The molecule has 0 aliphatic carbocycles. The molecule has 0 radical (unpaired) electrons. The highest BCUT2D eigenvalue weighted by atomic mass is 16.1. The number of aromatic nitrogens is 2. The number of rotatable bonds is 9. The number of carbonyl (C=O) groups excluding carboxylic acids is 1. The van der Waals surface area contributed by atoms with E-state index in [0.29, 0.717) is 23.9 Å². The number of nitrogens with one attached hydrogen (secondary N) is 2. The van der Waals surface area contributed by atoms with Gasteiger partial charge in [0.1, 0.15) is 17.3 Å². The molecular formula is C15H27N5O. The van der Waals surface area contributed by atoms with Gasteiger partial charge in [0.25, 0.3) is 5.91 Å². The lowest BCUT2D eigenvalue weighted by Gasteiger charge is -2.12. The zero-order valence-corrected chi connectivity index (χ0v) is 13.6. The Hall–Kier alpha value is -1.69. The summed E-state index contributed by atoms with van der Waals surface area (Å²) in [5.74, 6) is 1.17. The van der Waals surface area contributed by atoms with Crippen molar-refractivity contribution in [2.24, 2.45) is 0 Å². The highest BCUT2D eigenvalue weighted by molar-refractivity contribution is 5.92. The van der Waals surface area contributed by atoms with Gasteiger partial charge in [-0.3, -0.25) is 4.79 Å². The van der Waals surface area contributed by atoms with Crippen molar-refractivity contribution in [3.05, 3.63) is 17.6 Å². The number of carbonyl (C=O) groups is 1. The summed E-state index contributed by atoms with van der Waals surface area (Å²) in [7, 11) is 4.03. The standard InChI is InChI=1S/C15H27N5O/c1-5-6-7-8-17-15(21)13-11-14(19-12(2)18-13)16-9-10-20(3)4/h11H,5-10H2,1-4H3,(H,17,21)(H,16,18,19). The van der Waals surface area contributed by atoms with Gasteiger partial charge in [-0.25, -0.2) is 9.97 Å². The van der Waals surface area contributed by atoms with Crippen LogP contribution in [0, 0.1) is 6.92 Å². The Morgan fingerprint density at radius 2 is 2.00 bits per heavy atom. The van der Waals surface area contributed by atoms with E-state index < -0.39 is 0 Å². The summed E-state index contributed by atoms with van der Waals surface area (Å²) in [6.07, 6.45) is 3.27. The molecule has 0 bridgehead atoms. The molecule has 1 rings (SSSR count). The molecule has 6 nitrogen and oxygen atoms in total. The minimum atomic E-state index is -0.132. The topological polar surface area (TPSA) is 70.2 Å². The number of amides is 1. The number of hydrogen-bond donors (Lipinski definition) is 2. The molecule has 118 valence electrons. The average Bonchev–Trinajstić information content (AvgIpc) is 2.42. The Morgan fingerprint density at radius 1 is 1.24 bits per heavy atom. The van der Waals surface area contributed by atoms with Gasteiger partial charge in [0, 0.05) is 25.7 Å². The van der Waals surface area contributed by atoms with Crippen molar-refractivity contribution in [2.75, 3.05) is 39.0 Å². The van der Waals surface area contributed by atoms with E-state index in [1.54, 1.807) is 13.0 Å². The zero-order chi connectivity index (χ0) is 15.7. The average molecular weight is 293 g/mol. The van der Waals surface area contributed by atoms with Crippen molar-refractivity contribution in [2.45, 2.75) is 33.1 Å². The van der Waals surface area contributed by atoms with Gasteiger partial charge >= 0.3 is 0 Å². The lowest BCUT2D eigenvalue weighted by molar-refractivity contribution is 0.0947. The molecule has 0 spiro atoms. The van der Waals surface area contributed by atoms with Gasteiger partial charge in [-0.05, 0) is 27.4 Å². The van der Waals surface area contributed by atoms with Crippen LogP contribution in [0.1, 0.15) is 42.5 Å². The van der Waals surface area contributed by atoms with Gasteiger partial charge in [0.2, 0.25) is 0 Å². The second kappa shape index (κ2) is 9.28. The number of unbranched alkanes of at least 4 members (excludes halogenated alkanes) is 2. The fraction of sp³-hybridized carbons (Fsp3) is 0.667. The van der Waals surface area contributed by atoms with Crippen LogP contribution in [0.3, 0.4) is 0 Å². The van der Waals surface area contributed by atoms with Crippen LogP contribution in [0.15, 0.2) is 6.07 Å². The minimum Gasteiger partial charge on any atom is -0.369 e. The van der Waals surface area contributed by atoms with E-state index in [1.165, 1.54) is 0 Å². The van der Waals surface area contributed by atoms with Crippen LogP contribution in [-0.4, -0.2) is 54.5 Å². The third-order valence-electron chi connectivity index (χ3n) is 3.00. The van der Waals surface area contributed by atoms with Gasteiger partial charge < -0.3 is 15.5 Å². The van der Waals surface area contributed by atoms with Gasteiger partial charge in [-0.2, -0.15) is 0 Å². The number of aryl methyl sites for hydroxylation is 1. The molecule has 1 aromatic heterocycles. The maximum Gasteiger partial charge on any atom is 0.270 e. The zero-order valence-electron chi connectivity index (χ0n) is 13.6. The number of hydrogen-bond acceptors (Lipinski definition) is 5. The summed E-state index contributed by atoms with van der Waals surface area (Å²) >= 11 is 0. The van der Waals surface area contributed by atoms with Crippen LogP contribution in [0.5, 0.6) is 0 Å². The molecule has 0 fully saturated rings. The van der Waals surface area contributed by atoms with Gasteiger partial charge in [-0.15, -0.1) is 0 Å². The first kappa shape index (κ1) is 17.4. The van der Waals surface area contributed by atoms with Crippen LogP contribution < -0.4 is 10.6 Å². The number of anilines is 1. The Balaban J connectivity index is 2.57. The molecule has 1 heterocycles. The van der Waals surface area contributed by atoms with Crippen molar-refractivity contribution in [1.29, 1.82) is 0 Å². The quantitative estimate of drug-likeness (QED) is 0.678. The Bertz CT molecular complexity index is 448. The van der Waals surface area contributed by atoms with Gasteiger partial charge in [0.05, 0.1) is 0 Å². The van der Waals surface area contributed by atoms with Crippen molar-refractivity contribution < 1.29 is 4.79 Å². The van der Waals surface area contributed by atoms with E-state index in [0.717, 1.165) is 32.4 Å². The van der Waals surface area contributed by atoms with Crippen LogP contribution >= 0.6 is 0 Å². The fourth-order valence-electron chi connectivity index (χ4n) is 1.85. The molecule has 1 amide bonds. The molecule has 0 aliphatic rings. The summed E-state index contributed by atoms with van der Waals surface area (Å²) in [4.78, 5) is 22.6. The largest absolute Gasteiger partial charge is 0.369 e. The summed E-state index contributed by atoms with van der Waals surface area (Å²) in [5.41, 5.74) is 0.423. The summed E-state index contributed by atoms with van der Waals surface area (Å²) in [5, 5.41) is 6.11. The molecule has 0 atom stereocenters. The number of likely N-dealkylation sites (N-methyl/N-ethyl adjacent to an activating group) is 1. The Labute approximate surface area is 127 Å². The second-order valence-electron chi connectivity index (χ2n) is 5.38. The van der Waals surface area contributed by atoms with Gasteiger partial charge in [-0.1, -0.05) is 19.8 Å². The third kappa shape index (κ3) is 7.04. The second-order valence-corrected chi connectivity index (χ2v) is 5.38. The highest BCUT2D eigenvalue weighted by Crippen LogP contribution is 2.06. The Kier molecular flexibility index (Phi) is 7.68. The molecule has 0 saturated heterocycles. The highest BCUT2D eigenvalue weighted by Gasteiger charge is 2.09. The summed E-state index contributed by atoms with van der Waals surface area (Å²) < 4.78 is 0. The molecule has 21 heavy (non-hydrogen) atoms. The first-order valence-corrected chi connectivity index (χ1v) is 7.55.